The lowest BCUT2D eigenvalue weighted by atomic mass is 9.69. The van der Waals surface area contributed by atoms with Crippen LogP contribution in [0.2, 0.25) is 0 Å². The molecule has 0 spiro atoms. The molecular weight excluding hydrogens is 274 g/mol. The zero-order valence-electron chi connectivity index (χ0n) is 13.0. The molecule has 1 heterocycles. The van der Waals surface area contributed by atoms with Crippen molar-refractivity contribution in [1.29, 1.82) is 0 Å². The molecule has 1 aliphatic heterocycles. The largest absolute Gasteiger partial charge is 0.457 e. The van der Waals surface area contributed by atoms with Crippen LogP contribution in [0.15, 0.2) is 48.5 Å². The van der Waals surface area contributed by atoms with E-state index >= 15 is 0 Å². The number of hydrogen-bond acceptors (Lipinski definition) is 3. The first kappa shape index (κ1) is 15.1. The number of rotatable bonds is 6. The molecule has 0 aromatic heterocycles. The van der Waals surface area contributed by atoms with Gasteiger partial charge in [-0.25, -0.2) is 0 Å². The monoisotopic (exact) mass is 297 g/mol. The summed E-state index contributed by atoms with van der Waals surface area (Å²) in [6, 6.07) is 16.5. The van der Waals surface area contributed by atoms with Crippen molar-refractivity contribution in [3.63, 3.8) is 0 Å². The lowest BCUT2D eigenvalue weighted by Crippen LogP contribution is -2.39. The van der Waals surface area contributed by atoms with Gasteiger partial charge in [0.15, 0.2) is 0 Å². The molecule has 0 bridgehead atoms. The van der Waals surface area contributed by atoms with E-state index in [0.29, 0.717) is 6.54 Å². The Hall–Kier alpha value is -1.84. The van der Waals surface area contributed by atoms with E-state index in [0.717, 1.165) is 37.6 Å². The van der Waals surface area contributed by atoms with Crippen LogP contribution < -0.4 is 10.5 Å². The molecule has 3 heteroatoms. The highest BCUT2D eigenvalue weighted by atomic mass is 16.5. The van der Waals surface area contributed by atoms with Crippen LogP contribution in [-0.2, 0) is 10.2 Å². The highest BCUT2D eigenvalue weighted by Crippen LogP contribution is 2.49. The lowest BCUT2D eigenvalue weighted by molar-refractivity contribution is 0.138. The number of ether oxygens (including phenoxy) is 2. The van der Waals surface area contributed by atoms with Gasteiger partial charge in [-0.15, -0.1) is 0 Å². The summed E-state index contributed by atoms with van der Waals surface area (Å²) in [7, 11) is 0. The Kier molecular flexibility index (Phi) is 4.46. The van der Waals surface area contributed by atoms with Crippen LogP contribution in [0.4, 0.5) is 0 Å². The number of fused-ring (bicyclic) bond motifs is 2. The van der Waals surface area contributed by atoms with Gasteiger partial charge in [-0.1, -0.05) is 36.4 Å². The summed E-state index contributed by atoms with van der Waals surface area (Å²) in [5, 5.41) is 0. The zero-order valence-corrected chi connectivity index (χ0v) is 13.0. The number of hydrogen-bond donors (Lipinski definition) is 1. The Bertz CT molecular complexity index is 593. The molecule has 116 valence electrons. The average Bonchev–Trinajstić information content (AvgIpc) is 2.58. The van der Waals surface area contributed by atoms with Gasteiger partial charge in [0, 0.05) is 36.3 Å². The fraction of sp³-hybridized carbons (Fsp3) is 0.368. The first-order valence-corrected chi connectivity index (χ1v) is 7.96. The minimum absolute atomic E-state index is 0.192. The lowest BCUT2D eigenvalue weighted by Gasteiger charge is -2.39. The smallest absolute Gasteiger partial charge is 0.131 e. The summed E-state index contributed by atoms with van der Waals surface area (Å²) in [5.41, 5.74) is 8.47. The Balaban J connectivity index is 2.03. The van der Waals surface area contributed by atoms with Gasteiger partial charge in [-0.3, -0.25) is 0 Å². The molecule has 0 saturated carbocycles. The number of para-hydroxylation sites is 2. The summed E-state index contributed by atoms with van der Waals surface area (Å²) in [6.07, 6.45) is 1.94. The predicted molar refractivity (Wildman–Crippen MR) is 88.5 cm³/mol. The van der Waals surface area contributed by atoms with Crippen molar-refractivity contribution in [2.75, 3.05) is 19.8 Å². The highest BCUT2D eigenvalue weighted by Gasteiger charge is 2.40. The van der Waals surface area contributed by atoms with E-state index in [2.05, 4.69) is 24.3 Å². The quantitative estimate of drug-likeness (QED) is 0.824. The summed E-state index contributed by atoms with van der Waals surface area (Å²) in [5.74, 6) is 1.84. The summed E-state index contributed by atoms with van der Waals surface area (Å²) in [4.78, 5) is 0. The van der Waals surface area contributed by atoms with Gasteiger partial charge in [-0.05, 0) is 31.9 Å². The summed E-state index contributed by atoms with van der Waals surface area (Å²) >= 11 is 0. The van der Waals surface area contributed by atoms with Crippen molar-refractivity contribution < 1.29 is 9.47 Å². The van der Waals surface area contributed by atoms with E-state index in [9.17, 15) is 0 Å². The van der Waals surface area contributed by atoms with Crippen molar-refractivity contribution in [2.45, 2.75) is 25.2 Å². The fourth-order valence-electron chi connectivity index (χ4n) is 3.38. The van der Waals surface area contributed by atoms with Gasteiger partial charge in [-0.2, -0.15) is 0 Å². The van der Waals surface area contributed by atoms with Gasteiger partial charge in [0.25, 0.3) is 0 Å². The molecule has 0 unspecified atom stereocenters. The molecule has 0 radical (unpaired) electrons. The third-order valence-corrected chi connectivity index (χ3v) is 4.47. The van der Waals surface area contributed by atoms with Crippen molar-refractivity contribution in [3.8, 4) is 11.5 Å². The van der Waals surface area contributed by atoms with Crippen LogP contribution in [-0.4, -0.2) is 19.8 Å². The van der Waals surface area contributed by atoms with E-state index in [1.807, 2.05) is 31.2 Å². The van der Waals surface area contributed by atoms with E-state index < -0.39 is 0 Å². The van der Waals surface area contributed by atoms with E-state index in [1.165, 1.54) is 11.1 Å². The normalized spacial score (nSPS) is 14.8. The minimum atomic E-state index is -0.192. The molecule has 2 N–H and O–H groups in total. The predicted octanol–water partition coefficient (Wildman–Crippen LogP) is 3.85. The maximum Gasteiger partial charge on any atom is 0.131 e. The topological polar surface area (TPSA) is 44.5 Å². The highest BCUT2D eigenvalue weighted by molar-refractivity contribution is 5.57. The molecule has 0 fully saturated rings. The fourth-order valence-corrected chi connectivity index (χ4v) is 3.38. The molecule has 0 aliphatic carbocycles. The molecule has 2 aromatic rings. The van der Waals surface area contributed by atoms with Crippen LogP contribution in [0.3, 0.4) is 0 Å². The second-order valence-electron chi connectivity index (χ2n) is 5.68. The Labute approximate surface area is 132 Å². The third kappa shape index (κ3) is 2.51. The van der Waals surface area contributed by atoms with Crippen molar-refractivity contribution in [2.24, 2.45) is 5.73 Å². The molecule has 2 aromatic carbocycles. The van der Waals surface area contributed by atoms with Gasteiger partial charge in [0.2, 0.25) is 0 Å². The molecular formula is C19H23NO2. The second-order valence-corrected chi connectivity index (χ2v) is 5.68. The van der Waals surface area contributed by atoms with Gasteiger partial charge in [0.1, 0.15) is 11.5 Å². The SMILES string of the molecule is CCOCCCC1(CN)c2ccccc2Oc2ccccc21. The number of benzene rings is 2. The van der Waals surface area contributed by atoms with Gasteiger partial charge >= 0.3 is 0 Å². The average molecular weight is 297 g/mol. The van der Waals surface area contributed by atoms with Crippen LogP contribution in [0.5, 0.6) is 11.5 Å². The molecule has 1 aliphatic rings. The molecule has 3 nitrogen and oxygen atoms in total. The molecule has 0 amide bonds. The van der Waals surface area contributed by atoms with E-state index in [4.69, 9.17) is 15.2 Å². The van der Waals surface area contributed by atoms with Crippen molar-refractivity contribution in [3.05, 3.63) is 59.7 Å². The second kappa shape index (κ2) is 6.51. The zero-order chi connectivity index (χ0) is 15.4. The molecule has 22 heavy (non-hydrogen) atoms. The minimum Gasteiger partial charge on any atom is -0.457 e. The standard InChI is InChI=1S/C19H23NO2/c1-2-21-13-7-12-19(14-20)15-8-3-5-10-17(15)22-18-11-6-4-9-16(18)19/h3-6,8-11H,2,7,12-14,20H2,1H3. The van der Waals surface area contributed by atoms with Crippen molar-refractivity contribution in [1.82, 2.24) is 0 Å². The Morgan fingerprint density at radius 3 is 2.14 bits per heavy atom. The van der Waals surface area contributed by atoms with Gasteiger partial charge in [0.05, 0.1) is 0 Å². The molecule has 0 saturated heterocycles. The summed E-state index contributed by atoms with van der Waals surface area (Å²) in [6.45, 7) is 4.11. The van der Waals surface area contributed by atoms with E-state index in [-0.39, 0.29) is 5.41 Å². The first-order chi connectivity index (χ1) is 10.8. The van der Waals surface area contributed by atoms with E-state index in [1.54, 1.807) is 0 Å². The number of nitrogens with two attached hydrogens (primary N) is 1. The molecule has 0 atom stereocenters. The van der Waals surface area contributed by atoms with Crippen LogP contribution in [0.25, 0.3) is 0 Å². The van der Waals surface area contributed by atoms with Gasteiger partial charge < -0.3 is 15.2 Å². The first-order valence-electron chi connectivity index (χ1n) is 7.96. The van der Waals surface area contributed by atoms with Crippen molar-refractivity contribution >= 4 is 0 Å². The van der Waals surface area contributed by atoms with Crippen LogP contribution >= 0.6 is 0 Å². The van der Waals surface area contributed by atoms with Crippen LogP contribution in [0.1, 0.15) is 30.9 Å². The van der Waals surface area contributed by atoms with Crippen LogP contribution in [0, 0.1) is 0 Å². The third-order valence-electron chi connectivity index (χ3n) is 4.47. The molecule has 3 rings (SSSR count). The maximum atomic E-state index is 6.29. The summed E-state index contributed by atoms with van der Waals surface area (Å²) < 4.78 is 11.6. The maximum absolute atomic E-state index is 6.29. The Morgan fingerprint density at radius 2 is 1.59 bits per heavy atom. The Morgan fingerprint density at radius 1 is 1.00 bits per heavy atom.